The molecule has 0 N–H and O–H groups in total. The summed E-state index contributed by atoms with van der Waals surface area (Å²) in [5, 5.41) is 8.58. The van der Waals surface area contributed by atoms with Crippen molar-refractivity contribution in [2.75, 3.05) is 20.1 Å². The first-order valence-corrected chi connectivity index (χ1v) is 6.22. The lowest BCUT2D eigenvalue weighted by atomic mass is 10.0. The highest BCUT2D eigenvalue weighted by atomic mass is 15.2. The van der Waals surface area contributed by atoms with Crippen molar-refractivity contribution >= 4 is 5.65 Å². The van der Waals surface area contributed by atoms with Crippen molar-refractivity contribution in [3.05, 3.63) is 29.7 Å². The molecule has 3 heterocycles. The Morgan fingerprint density at radius 3 is 3.00 bits per heavy atom. The van der Waals surface area contributed by atoms with Gasteiger partial charge in [-0.1, -0.05) is 6.07 Å². The number of fused-ring (bicyclic) bond motifs is 1. The third-order valence-corrected chi connectivity index (χ3v) is 3.65. The molecule has 1 saturated heterocycles. The Morgan fingerprint density at radius 1 is 1.35 bits per heavy atom. The number of aryl methyl sites for hydroxylation is 1. The minimum atomic E-state index is 0.729. The Kier molecular flexibility index (Phi) is 2.59. The number of rotatable bonds is 2. The van der Waals surface area contributed by atoms with Crippen molar-refractivity contribution in [3.63, 3.8) is 0 Å². The van der Waals surface area contributed by atoms with E-state index in [1.165, 1.54) is 25.2 Å². The predicted molar refractivity (Wildman–Crippen MR) is 67.0 cm³/mol. The van der Waals surface area contributed by atoms with E-state index < -0.39 is 0 Å². The van der Waals surface area contributed by atoms with Gasteiger partial charge in [0.25, 0.3) is 0 Å². The standard InChI is InChI=1S/C13H18N4/c1-10-4-3-5-12-14-15-13(17(10)12)8-11-6-7-16(2)9-11/h3-5,11H,6-9H2,1-2H3. The lowest BCUT2D eigenvalue weighted by Gasteiger charge is -2.09. The van der Waals surface area contributed by atoms with E-state index in [-0.39, 0.29) is 0 Å². The monoisotopic (exact) mass is 230 g/mol. The lowest BCUT2D eigenvalue weighted by molar-refractivity contribution is 0.392. The highest BCUT2D eigenvalue weighted by molar-refractivity contribution is 5.39. The molecule has 2 aromatic heterocycles. The van der Waals surface area contributed by atoms with E-state index in [1.54, 1.807) is 0 Å². The van der Waals surface area contributed by atoms with Gasteiger partial charge < -0.3 is 4.90 Å². The van der Waals surface area contributed by atoms with E-state index in [4.69, 9.17) is 0 Å². The quantitative estimate of drug-likeness (QED) is 0.784. The van der Waals surface area contributed by atoms with Crippen molar-refractivity contribution in [2.45, 2.75) is 19.8 Å². The second kappa shape index (κ2) is 4.11. The molecule has 4 heteroatoms. The molecule has 17 heavy (non-hydrogen) atoms. The molecule has 2 aromatic rings. The molecule has 0 spiro atoms. The smallest absolute Gasteiger partial charge is 0.160 e. The van der Waals surface area contributed by atoms with E-state index in [2.05, 4.69) is 39.5 Å². The first kappa shape index (κ1) is 10.7. The maximum absolute atomic E-state index is 4.34. The van der Waals surface area contributed by atoms with Crippen molar-refractivity contribution in [2.24, 2.45) is 5.92 Å². The Labute approximate surface area is 101 Å². The fourth-order valence-corrected chi connectivity index (χ4v) is 2.75. The van der Waals surface area contributed by atoms with Crippen molar-refractivity contribution in [1.29, 1.82) is 0 Å². The van der Waals surface area contributed by atoms with Gasteiger partial charge in [0.2, 0.25) is 0 Å². The number of hydrogen-bond donors (Lipinski definition) is 0. The third-order valence-electron chi connectivity index (χ3n) is 3.65. The molecule has 1 unspecified atom stereocenters. The molecule has 3 rings (SSSR count). The van der Waals surface area contributed by atoms with Crippen LogP contribution in [0.4, 0.5) is 0 Å². The number of pyridine rings is 1. The van der Waals surface area contributed by atoms with E-state index in [0.29, 0.717) is 0 Å². The summed E-state index contributed by atoms with van der Waals surface area (Å²) >= 11 is 0. The van der Waals surface area contributed by atoms with Crippen LogP contribution in [-0.4, -0.2) is 39.6 Å². The van der Waals surface area contributed by atoms with Gasteiger partial charge in [-0.15, -0.1) is 10.2 Å². The van der Waals surface area contributed by atoms with Gasteiger partial charge in [0, 0.05) is 18.7 Å². The minimum absolute atomic E-state index is 0.729. The summed E-state index contributed by atoms with van der Waals surface area (Å²) in [5.74, 6) is 1.84. The number of likely N-dealkylation sites (tertiary alicyclic amines) is 1. The van der Waals surface area contributed by atoms with Gasteiger partial charge >= 0.3 is 0 Å². The first-order chi connectivity index (χ1) is 8.24. The van der Waals surface area contributed by atoms with Gasteiger partial charge in [0.05, 0.1) is 0 Å². The molecule has 0 aromatic carbocycles. The van der Waals surface area contributed by atoms with Crippen molar-refractivity contribution in [1.82, 2.24) is 19.5 Å². The fraction of sp³-hybridized carbons (Fsp3) is 0.538. The molecule has 0 radical (unpaired) electrons. The molecule has 1 aliphatic heterocycles. The third kappa shape index (κ3) is 1.93. The summed E-state index contributed by atoms with van der Waals surface area (Å²) in [7, 11) is 2.19. The zero-order valence-electron chi connectivity index (χ0n) is 10.4. The molecule has 1 fully saturated rings. The summed E-state index contributed by atoms with van der Waals surface area (Å²) in [6.07, 6.45) is 2.31. The molecule has 0 amide bonds. The van der Waals surface area contributed by atoms with E-state index in [9.17, 15) is 0 Å². The van der Waals surface area contributed by atoms with Gasteiger partial charge in [-0.25, -0.2) is 0 Å². The molecule has 1 aliphatic rings. The van der Waals surface area contributed by atoms with Gasteiger partial charge in [-0.05, 0) is 45.0 Å². The summed E-state index contributed by atoms with van der Waals surface area (Å²) in [5.41, 5.74) is 2.18. The number of aromatic nitrogens is 3. The SMILES string of the molecule is Cc1cccc2nnc(CC3CCN(C)C3)n12. The molecule has 4 nitrogen and oxygen atoms in total. The summed E-state index contributed by atoms with van der Waals surface area (Å²) in [6, 6.07) is 6.16. The number of nitrogens with zero attached hydrogens (tertiary/aromatic N) is 4. The van der Waals surface area contributed by atoms with Crippen molar-refractivity contribution < 1.29 is 0 Å². The van der Waals surface area contributed by atoms with Crippen LogP contribution < -0.4 is 0 Å². The molecule has 0 bridgehead atoms. The molecule has 1 atom stereocenters. The largest absolute Gasteiger partial charge is 0.306 e. The number of hydrogen-bond acceptors (Lipinski definition) is 3. The highest BCUT2D eigenvalue weighted by Gasteiger charge is 2.21. The second-order valence-corrected chi connectivity index (χ2v) is 5.10. The maximum Gasteiger partial charge on any atom is 0.160 e. The Hall–Kier alpha value is -1.42. The first-order valence-electron chi connectivity index (χ1n) is 6.22. The lowest BCUT2D eigenvalue weighted by Crippen LogP contribution is -2.15. The topological polar surface area (TPSA) is 33.4 Å². The van der Waals surface area contributed by atoms with E-state index >= 15 is 0 Å². The molecule has 90 valence electrons. The zero-order chi connectivity index (χ0) is 11.8. The van der Waals surface area contributed by atoms with Gasteiger partial charge in [-0.2, -0.15) is 0 Å². The van der Waals surface area contributed by atoms with Crippen LogP contribution in [0.2, 0.25) is 0 Å². The molecule has 0 saturated carbocycles. The van der Waals surface area contributed by atoms with E-state index in [0.717, 1.165) is 23.8 Å². The van der Waals surface area contributed by atoms with Gasteiger partial charge in [-0.3, -0.25) is 4.40 Å². The maximum atomic E-state index is 4.34. The Morgan fingerprint density at radius 2 is 2.24 bits per heavy atom. The molecular formula is C13H18N4. The van der Waals surface area contributed by atoms with Crippen LogP contribution in [-0.2, 0) is 6.42 Å². The average Bonchev–Trinajstić information content (AvgIpc) is 2.88. The normalized spacial score (nSPS) is 21.4. The van der Waals surface area contributed by atoms with Crippen molar-refractivity contribution in [3.8, 4) is 0 Å². The van der Waals surface area contributed by atoms with Crippen LogP contribution in [0.1, 0.15) is 17.9 Å². The predicted octanol–water partition coefficient (Wildman–Crippen LogP) is 1.53. The van der Waals surface area contributed by atoms with E-state index in [1.807, 2.05) is 12.1 Å². The van der Waals surface area contributed by atoms with Gasteiger partial charge in [0.15, 0.2) is 5.65 Å². The van der Waals surface area contributed by atoms with Gasteiger partial charge in [0.1, 0.15) is 5.82 Å². The minimum Gasteiger partial charge on any atom is -0.306 e. The summed E-state index contributed by atoms with van der Waals surface area (Å²) < 4.78 is 2.18. The molecular weight excluding hydrogens is 212 g/mol. The molecule has 0 aliphatic carbocycles. The zero-order valence-corrected chi connectivity index (χ0v) is 10.4. The summed E-state index contributed by atoms with van der Waals surface area (Å²) in [6.45, 7) is 4.50. The van der Waals surface area contributed by atoms with Crippen LogP contribution >= 0.6 is 0 Å². The fourth-order valence-electron chi connectivity index (χ4n) is 2.75. The summed E-state index contributed by atoms with van der Waals surface area (Å²) in [4.78, 5) is 2.39. The van der Waals surface area contributed by atoms with Crippen LogP contribution in [0.15, 0.2) is 18.2 Å². The average molecular weight is 230 g/mol. The van der Waals surface area contributed by atoms with Crippen LogP contribution in [0, 0.1) is 12.8 Å². The second-order valence-electron chi connectivity index (χ2n) is 5.10. The van der Waals surface area contributed by atoms with Crippen LogP contribution in [0.5, 0.6) is 0 Å². The van der Waals surface area contributed by atoms with Crippen LogP contribution in [0.3, 0.4) is 0 Å². The Bertz CT molecular complexity index is 531. The highest BCUT2D eigenvalue weighted by Crippen LogP contribution is 2.19. The van der Waals surface area contributed by atoms with Crippen LogP contribution in [0.25, 0.3) is 5.65 Å². The Balaban J connectivity index is 1.90.